The predicted octanol–water partition coefficient (Wildman–Crippen LogP) is 2.34. The molecule has 0 bridgehead atoms. The third kappa shape index (κ3) is 4.33. The molecule has 4 nitrogen and oxygen atoms in total. The normalized spacial score (nSPS) is 11.1. The number of carbonyl (C=O) groups is 2. The molecule has 110 valence electrons. The van der Waals surface area contributed by atoms with Crippen molar-refractivity contribution in [3.8, 4) is 0 Å². The number of nitrogens with one attached hydrogen (secondary N) is 1. The summed E-state index contributed by atoms with van der Waals surface area (Å²) in [5.74, 6) is -0.754. The number of benzene rings is 1. The Morgan fingerprint density at radius 3 is 2.20 bits per heavy atom. The molecule has 0 spiro atoms. The highest BCUT2D eigenvalue weighted by Gasteiger charge is 2.22. The Hall–Kier alpha value is -1.91. The minimum atomic E-state index is -0.535. The van der Waals surface area contributed by atoms with Crippen LogP contribution in [0.2, 0.25) is 0 Å². The molecule has 20 heavy (non-hydrogen) atoms. The molecular weight excluding hydrogens is 259 g/mol. The van der Waals surface area contributed by atoms with Crippen molar-refractivity contribution in [1.82, 2.24) is 5.32 Å². The number of hydrogen-bond acceptors (Lipinski definition) is 2. The van der Waals surface area contributed by atoms with Crippen LogP contribution in [0, 0.1) is 11.2 Å². The Balaban J connectivity index is 2.69. The third-order valence-corrected chi connectivity index (χ3v) is 2.84. The first-order valence-electron chi connectivity index (χ1n) is 6.60. The molecule has 0 atom stereocenters. The lowest BCUT2D eigenvalue weighted by Crippen LogP contribution is -2.43. The van der Waals surface area contributed by atoms with Crippen LogP contribution in [-0.4, -0.2) is 24.9 Å². The molecular formula is C15H21FN2O2. The maximum absolute atomic E-state index is 12.9. The van der Waals surface area contributed by atoms with E-state index in [0.29, 0.717) is 12.2 Å². The predicted molar refractivity (Wildman–Crippen MR) is 76.9 cm³/mol. The van der Waals surface area contributed by atoms with Crippen molar-refractivity contribution < 1.29 is 14.0 Å². The number of anilines is 1. The summed E-state index contributed by atoms with van der Waals surface area (Å²) in [5.41, 5.74) is 0.0802. The first kappa shape index (κ1) is 16.1. The summed E-state index contributed by atoms with van der Waals surface area (Å²) >= 11 is 0. The van der Waals surface area contributed by atoms with Crippen molar-refractivity contribution >= 4 is 17.5 Å². The monoisotopic (exact) mass is 280 g/mol. The van der Waals surface area contributed by atoms with E-state index >= 15 is 0 Å². The van der Waals surface area contributed by atoms with Gasteiger partial charge in [-0.05, 0) is 31.2 Å². The first-order chi connectivity index (χ1) is 9.25. The number of carbonyl (C=O) groups excluding carboxylic acids is 2. The fraction of sp³-hybridized carbons (Fsp3) is 0.467. The molecule has 1 aromatic rings. The van der Waals surface area contributed by atoms with Crippen molar-refractivity contribution in [2.75, 3.05) is 18.0 Å². The van der Waals surface area contributed by atoms with Gasteiger partial charge in [0, 0.05) is 17.6 Å². The maximum Gasteiger partial charge on any atom is 0.246 e. The van der Waals surface area contributed by atoms with Gasteiger partial charge in [-0.25, -0.2) is 4.39 Å². The van der Waals surface area contributed by atoms with Gasteiger partial charge in [0.2, 0.25) is 11.8 Å². The van der Waals surface area contributed by atoms with E-state index in [1.165, 1.54) is 17.0 Å². The van der Waals surface area contributed by atoms with E-state index in [4.69, 9.17) is 0 Å². The molecule has 0 aliphatic heterocycles. The van der Waals surface area contributed by atoms with E-state index in [0.717, 1.165) is 0 Å². The molecule has 0 unspecified atom stereocenters. The van der Waals surface area contributed by atoms with E-state index in [1.807, 2.05) is 6.92 Å². The number of hydrogen-bond donors (Lipinski definition) is 1. The molecule has 1 N–H and O–H groups in total. The van der Waals surface area contributed by atoms with Crippen LogP contribution < -0.4 is 10.2 Å². The van der Waals surface area contributed by atoms with E-state index in [-0.39, 0.29) is 24.2 Å². The molecule has 0 saturated heterocycles. The minimum absolute atomic E-state index is 0.0681. The Bertz CT molecular complexity index is 478. The average molecular weight is 280 g/mol. The first-order valence-corrected chi connectivity index (χ1v) is 6.60. The molecule has 0 saturated carbocycles. The van der Waals surface area contributed by atoms with Gasteiger partial charge in [-0.3, -0.25) is 9.59 Å². The van der Waals surface area contributed by atoms with Gasteiger partial charge in [-0.1, -0.05) is 20.8 Å². The quantitative estimate of drug-likeness (QED) is 0.920. The molecule has 0 aliphatic carbocycles. The van der Waals surface area contributed by atoms with Crippen LogP contribution in [0.1, 0.15) is 27.7 Å². The zero-order valence-electron chi connectivity index (χ0n) is 12.4. The second kappa shape index (κ2) is 6.50. The summed E-state index contributed by atoms with van der Waals surface area (Å²) in [7, 11) is 0. The smallest absolute Gasteiger partial charge is 0.246 e. The number of likely N-dealkylation sites (N-methyl/N-ethyl adjacent to an activating group) is 1. The molecule has 0 radical (unpaired) electrons. The largest absolute Gasteiger partial charge is 0.347 e. The Labute approximate surface area is 119 Å². The highest BCUT2D eigenvalue weighted by molar-refractivity contribution is 5.97. The molecule has 0 fully saturated rings. The highest BCUT2D eigenvalue weighted by atomic mass is 19.1. The standard InChI is InChI=1S/C15H21FN2O2/c1-5-18(12-8-6-11(16)7-9-12)13(19)10-17-14(20)15(2,3)4/h6-9H,5,10H2,1-4H3,(H,17,20). The molecule has 0 aromatic heterocycles. The van der Waals surface area contributed by atoms with Crippen molar-refractivity contribution in [1.29, 1.82) is 0 Å². The second-order valence-corrected chi connectivity index (χ2v) is 5.55. The lowest BCUT2D eigenvalue weighted by atomic mass is 9.96. The lowest BCUT2D eigenvalue weighted by Gasteiger charge is -2.23. The Kier molecular flexibility index (Phi) is 5.25. The SMILES string of the molecule is CCN(C(=O)CNC(=O)C(C)(C)C)c1ccc(F)cc1. The van der Waals surface area contributed by atoms with Gasteiger partial charge >= 0.3 is 0 Å². The minimum Gasteiger partial charge on any atom is -0.347 e. The number of nitrogens with zero attached hydrogens (tertiary/aromatic N) is 1. The summed E-state index contributed by atoms with van der Waals surface area (Å²) in [6.45, 7) is 7.56. The Morgan fingerprint density at radius 2 is 1.75 bits per heavy atom. The Morgan fingerprint density at radius 1 is 1.20 bits per heavy atom. The van der Waals surface area contributed by atoms with E-state index in [1.54, 1.807) is 32.9 Å². The molecule has 2 amide bonds. The lowest BCUT2D eigenvalue weighted by molar-refractivity contribution is -0.130. The molecule has 5 heteroatoms. The van der Waals surface area contributed by atoms with Crippen LogP contribution in [0.4, 0.5) is 10.1 Å². The summed E-state index contributed by atoms with van der Waals surface area (Å²) < 4.78 is 12.9. The highest BCUT2D eigenvalue weighted by Crippen LogP contribution is 2.15. The van der Waals surface area contributed by atoms with E-state index < -0.39 is 5.41 Å². The van der Waals surface area contributed by atoms with Crippen LogP contribution >= 0.6 is 0 Å². The van der Waals surface area contributed by atoms with E-state index in [2.05, 4.69) is 5.32 Å². The van der Waals surface area contributed by atoms with Gasteiger partial charge in [-0.15, -0.1) is 0 Å². The molecule has 0 heterocycles. The third-order valence-electron chi connectivity index (χ3n) is 2.84. The van der Waals surface area contributed by atoms with Crippen LogP contribution in [0.15, 0.2) is 24.3 Å². The van der Waals surface area contributed by atoms with Gasteiger partial charge in [0.05, 0.1) is 6.54 Å². The summed E-state index contributed by atoms with van der Waals surface area (Å²) in [4.78, 5) is 25.3. The van der Waals surface area contributed by atoms with Gasteiger partial charge in [0.1, 0.15) is 5.82 Å². The number of halogens is 1. The van der Waals surface area contributed by atoms with E-state index in [9.17, 15) is 14.0 Å². The maximum atomic E-state index is 12.9. The molecule has 1 aromatic carbocycles. The second-order valence-electron chi connectivity index (χ2n) is 5.55. The van der Waals surface area contributed by atoms with Gasteiger partial charge in [0.15, 0.2) is 0 Å². The number of amides is 2. The summed E-state index contributed by atoms with van der Waals surface area (Å²) in [6, 6.07) is 5.70. The molecule has 0 aliphatic rings. The zero-order chi connectivity index (χ0) is 15.3. The fourth-order valence-corrected chi connectivity index (χ4v) is 1.64. The summed E-state index contributed by atoms with van der Waals surface area (Å²) in [6.07, 6.45) is 0. The van der Waals surface area contributed by atoms with Crippen molar-refractivity contribution in [3.05, 3.63) is 30.1 Å². The van der Waals surface area contributed by atoms with Gasteiger partial charge in [-0.2, -0.15) is 0 Å². The van der Waals surface area contributed by atoms with Crippen LogP contribution in [0.25, 0.3) is 0 Å². The van der Waals surface area contributed by atoms with Crippen molar-refractivity contribution in [2.45, 2.75) is 27.7 Å². The topological polar surface area (TPSA) is 49.4 Å². The van der Waals surface area contributed by atoms with Crippen molar-refractivity contribution in [2.24, 2.45) is 5.41 Å². The van der Waals surface area contributed by atoms with Gasteiger partial charge < -0.3 is 10.2 Å². The zero-order valence-corrected chi connectivity index (χ0v) is 12.4. The molecule has 1 rings (SSSR count). The van der Waals surface area contributed by atoms with Gasteiger partial charge in [0.25, 0.3) is 0 Å². The number of rotatable bonds is 4. The fourth-order valence-electron chi connectivity index (χ4n) is 1.64. The van der Waals surface area contributed by atoms with Crippen molar-refractivity contribution in [3.63, 3.8) is 0 Å². The van der Waals surface area contributed by atoms with Crippen LogP contribution in [-0.2, 0) is 9.59 Å². The summed E-state index contributed by atoms with van der Waals surface area (Å²) in [5, 5.41) is 2.61. The van der Waals surface area contributed by atoms with Crippen LogP contribution in [0.3, 0.4) is 0 Å². The average Bonchev–Trinajstić information content (AvgIpc) is 2.37. The van der Waals surface area contributed by atoms with Crippen LogP contribution in [0.5, 0.6) is 0 Å².